The Hall–Kier alpha value is -2.81. The zero-order valence-corrected chi connectivity index (χ0v) is 11.7. The second-order valence-corrected chi connectivity index (χ2v) is 5.26. The maximum atomic E-state index is 4.32. The van der Waals surface area contributed by atoms with E-state index in [4.69, 9.17) is 0 Å². The number of aryl methyl sites for hydroxylation is 1. The standard InChI is InChI=1S/C18H15N3/c1-13-2-4-14(5-3-13)18-11-19-12-21(18)16-6-7-17-15(10-16)8-9-20-17/h2-12,20H,1H3. The summed E-state index contributed by atoms with van der Waals surface area (Å²) in [5, 5.41) is 1.20. The SMILES string of the molecule is Cc1ccc(-c2cncn2-c2ccc3[nH]ccc3c2)cc1. The molecule has 0 amide bonds. The summed E-state index contributed by atoms with van der Waals surface area (Å²) in [6.45, 7) is 2.10. The number of aromatic nitrogens is 3. The predicted octanol–water partition coefficient (Wildman–Crippen LogP) is 4.33. The lowest BCUT2D eigenvalue weighted by molar-refractivity contribution is 1.07. The number of rotatable bonds is 2. The van der Waals surface area contributed by atoms with Crippen molar-refractivity contribution in [3.8, 4) is 16.9 Å². The minimum atomic E-state index is 1.10. The predicted molar refractivity (Wildman–Crippen MR) is 85.6 cm³/mol. The molecule has 0 bridgehead atoms. The first-order valence-electron chi connectivity index (χ1n) is 6.98. The van der Waals surface area contributed by atoms with Crippen molar-refractivity contribution in [3.63, 3.8) is 0 Å². The van der Waals surface area contributed by atoms with E-state index >= 15 is 0 Å². The van der Waals surface area contributed by atoms with E-state index in [1.807, 2.05) is 18.7 Å². The fourth-order valence-electron chi connectivity index (χ4n) is 2.63. The van der Waals surface area contributed by atoms with Gasteiger partial charge in [0.1, 0.15) is 0 Å². The number of imidazole rings is 1. The van der Waals surface area contributed by atoms with Gasteiger partial charge in [-0.3, -0.25) is 4.57 Å². The Labute approximate surface area is 122 Å². The molecule has 21 heavy (non-hydrogen) atoms. The maximum Gasteiger partial charge on any atom is 0.0997 e. The minimum absolute atomic E-state index is 1.10. The molecule has 0 saturated heterocycles. The van der Waals surface area contributed by atoms with E-state index in [-0.39, 0.29) is 0 Å². The maximum absolute atomic E-state index is 4.32. The van der Waals surface area contributed by atoms with Crippen molar-refractivity contribution in [2.24, 2.45) is 0 Å². The van der Waals surface area contributed by atoms with Crippen LogP contribution in [-0.2, 0) is 0 Å². The third-order valence-corrected chi connectivity index (χ3v) is 3.80. The van der Waals surface area contributed by atoms with E-state index in [9.17, 15) is 0 Å². The highest BCUT2D eigenvalue weighted by molar-refractivity contribution is 5.81. The molecule has 4 rings (SSSR count). The molecule has 2 aromatic carbocycles. The van der Waals surface area contributed by atoms with E-state index in [0.717, 1.165) is 16.9 Å². The number of nitrogens with one attached hydrogen (secondary N) is 1. The molecule has 1 N–H and O–H groups in total. The van der Waals surface area contributed by atoms with Gasteiger partial charge in [0.05, 0.1) is 18.2 Å². The Morgan fingerprint density at radius 3 is 2.71 bits per heavy atom. The summed E-state index contributed by atoms with van der Waals surface area (Å²) in [7, 11) is 0. The van der Waals surface area contributed by atoms with Crippen molar-refractivity contribution in [2.75, 3.05) is 0 Å². The van der Waals surface area contributed by atoms with Crippen molar-refractivity contribution in [3.05, 3.63) is 72.8 Å². The topological polar surface area (TPSA) is 33.6 Å². The highest BCUT2D eigenvalue weighted by Gasteiger charge is 2.07. The Bertz CT molecular complexity index is 898. The molecule has 2 aromatic heterocycles. The van der Waals surface area contributed by atoms with Crippen LogP contribution >= 0.6 is 0 Å². The van der Waals surface area contributed by atoms with E-state index in [0.29, 0.717) is 0 Å². The zero-order chi connectivity index (χ0) is 14.2. The van der Waals surface area contributed by atoms with Gasteiger partial charge in [0.25, 0.3) is 0 Å². The Morgan fingerprint density at radius 1 is 1.00 bits per heavy atom. The number of H-pyrrole nitrogens is 1. The number of benzene rings is 2. The summed E-state index contributed by atoms with van der Waals surface area (Å²) < 4.78 is 2.12. The van der Waals surface area contributed by atoms with Crippen LogP contribution in [0.2, 0.25) is 0 Å². The smallest absolute Gasteiger partial charge is 0.0997 e. The molecule has 2 heterocycles. The normalized spacial score (nSPS) is 11.1. The van der Waals surface area contributed by atoms with Gasteiger partial charge >= 0.3 is 0 Å². The number of nitrogens with zero attached hydrogens (tertiary/aromatic N) is 2. The minimum Gasteiger partial charge on any atom is -0.361 e. The molecule has 0 radical (unpaired) electrons. The summed E-state index contributed by atoms with van der Waals surface area (Å²) in [4.78, 5) is 7.54. The monoisotopic (exact) mass is 273 g/mol. The van der Waals surface area contributed by atoms with Crippen LogP contribution in [0.5, 0.6) is 0 Å². The molecule has 3 nitrogen and oxygen atoms in total. The molecule has 0 atom stereocenters. The van der Waals surface area contributed by atoms with Crippen LogP contribution in [0.1, 0.15) is 5.56 Å². The molecule has 0 aliphatic carbocycles. The van der Waals surface area contributed by atoms with Gasteiger partial charge in [-0.25, -0.2) is 4.98 Å². The van der Waals surface area contributed by atoms with E-state index in [2.05, 4.69) is 70.0 Å². The van der Waals surface area contributed by atoms with Gasteiger partial charge in [0.2, 0.25) is 0 Å². The van der Waals surface area contributed by atoms with Crippen molar-refractivity contribution in [2.45, 2.75) is 6.92 Å². The number of hydrogen-bond donors (Lipinski definition) is 1. The lowest BCUT2D eigenvalue weighted by Gasteiger charge is -2.09. The van der Waals surface area contributed by atoms with Gasteiger partial charge in [0.15, 0.2) is 0 Å². The van der Waals surface area contributed by atoms with Gasteiger partial charge < -0.3 is 4.98 Å². The molecule has 0 fully saturated rings. The summed E-state index contributed by atoms with van der Waals surface area (Å²) in [6, 6.07) is 17.0. The number of hydrogen-bond acceptors (Lipinski definition) is 1. The highest BCUT2D eigenvalue weighted by Crippen LogP contribution is 2.25. The number of fused-ring (bicyclic) bond motifs is 1. The first kappa shape index (κ1) is 12.0. The van der Waals surface area contributed by atoms with Crippen LogP contribution < -0.4 is 0 Å². The van der Waals surface area contributed by atoms with Crippen LogP contribution in [0.15, 0.2) is 67.3 Å². The Morgan fingerprint density at radius 2 is 1.86 bits per heavy atom. The third-order valence-electron chi connectivity index (χ3n) is 3.80. The molecule has 0 aliphatic rings. The quantitative estimate of drug-likeness (QED) is 0.579. The summed E-state index contributed by atoms with van der Waals surface area (Å²) in [6.07, 6.45) is 5.73. The van der Waals surface area contributed by atoms with Crippen LogP contribution in [0, 0.1) is 6.92 Å². The second kappa shape index (κ2) is 4.63. The van der Waals surface area contributed by atoms with Crippen LogP contribution in [0.3, 0.4) is 0 Å². The Balaban J connectivity index is 1.85. The summed E-state index contributed by atoms with van der Waals surface area (Å²) in [5.74, 6) is 0. The van der Waals surface area contributed by atoms with E-state index in [1.54, 1.807) is 0 Å². The van der Waals surface area contributed by atoms with Crippen LogP contribution in [-0.4, -0.2) is 14.5 Å². The van der Waals surface area contributed by atoms with Crippen molar-refractivity contribution in [1.82, 2.24) is 14.5 Å². The Kier molecular flexibility index (Phi) is 2.64. The summed E-state index contributed by atoms with van der Waals surface area (Å²) >= 11 is 0. The fourth-order valence-corrected chi connectivity index (χ4v) is 2.63. The van der Waals surface area contributed by atoms with Gasteiger partial charge in [-0.2, -0.15) is 0 Å². The lowest BCUT2D eigenvalue weighted by Crippen LogP contribution is -1.95. The molecule has 3 heteroatoms. The molecule has 0 spiro atoms. The number of aromatic amines is 1. The summed E-state index contributed by atoms with van der Waals surface area (Å²) in [5.41, 5.74) is 5.81. The van der Waals surface area contributed by atoms with Gasteiger partial charge in [-0.1, -0.05) is 29.8 Å². The van der Waals surface area contributed by atoms with Gasteiger partial charge in [0, 0.05) is 28.4 Å². The van der Waals surface area contributed by atoms with Crippen LogP contribution in [0.25, 0.3) is 27.8 Å². The lowest BCUT2D eigenvalue weighted by atomic mass is 10.1. The van der Waals surface area contributed by atoms with Crippen molar-refractivity contribution in [1.29, 1.82) is 0 Å². The van der Waals surface area contributed by atoms with Crippen molar-refractivity contribution < 1.29 is 0 Å². The first-order chi connectivity index (χ1) is 10.3. The van der Waals surface area contributed by atoms with Crippen LogP contribution in [0.4, 0.5) is 0 Å². The molecular weight excluding hydrogens is 258 g/mol. The van der Waals surface area contributed by atoms with Gasteiger partial charge in [-0.05, 0) is 31.2 Å². The molecular formula is C18H15N3. The molecule has 0 saturated carbocycles. The molecule has 0 unspecified atom stereocenters. The molecule has 0 aliphatic heterocycles. The fraction of sp³-hybridized carbons (Fsp3) is 0.0556. The largest absolute Gasteiger partial charge is 0.361 e. The second-order valence-electron chi connectivity index (χ2n) is 5.26. The van der Waals surface area contributed by atoms with Crippen molar-refractivity contribution >= 4 is 10.9 Å². The van der Waals surface area contributed by atoms with E-state index in [1.165, 1.54) is 16.5 Å². The molecule has 4 aromatic rings. The average Bonchev–Trinajstić information content (AvgIpc) is 3.16. The van der Waals surface area contributed by atoms with Gasteiger partial charge in [-0.15, -0.1) is 0 Å². The average molecular weight is 273 g/mol. The zero-order valence-electron chi connectivity index (χ0n) is 11.7. The highest BCUT2D eigenvalue weighted by atomic mass is 15.0. The molecule has 102 valence electrons. The first-order valence-corrected chi connectivity index (χ1v) is 6.98. The third kappa shape index (κ3) is 2.03. The van der Waals surface area contributed by atoms with E-state index < -0.39 is 0 Å².